The van der Waals surface area contributed by atoms with Crippen molar-refractivity contribution in [3.63, 3.8) is 0 Å². The Hall–Kier alpha value is -2.12. The van der Waals surface area contributed by atoms with E-state index in [1.165, 1.54) is 28.4 Å². The molecule has 6 saturated carbocycles. The first-order valence-corrected chi connectivity index (χ1v) is 7.74. The molecule has 4 atom stereocenters. The topological polar surface area (TPSA) is 105 Å². The van der Waals surface area contributed by atoms with Crippen LogP contribution in [0.5, 0.6) is 0 Å². The first kappa shape index (κ1) is 14.2. The lowest BCUT2D eigenvalue weighted by molar-refractivity contribution is -0.685. The van der Waals surface area contributed by atoms with Crippen LogP contribution in [0, 0.1) is 45.3 Å². The molecule has 6 rings (SSSR count). The van der Waals surface area contributed by atoms with Crippen molar-refractivity contribution in [2.45, 2.75) is 0 Å². The van der Waals surface area contributed by atoms with E-state index in [-0.39, 0.29) is 17.8 Å². The number of rotatable bonds is 4. The minimum Gasteiger partial charge on any atom is -0.469 e. The van der Waals surface area contributed by atoms with Gasteiger partial charge in [-0.25, -0.2) is 0 Å². The zero-order valence-corrected chi connectivity index (χ0v) is 13.6. The molecule has 0 aromatic carbocycles. The average Bonchev–Trinajstić information content (AvgIpc) is 2.63. The van der Waals surface area contributed by atoms with Crippen LogP contribution >= 0.6 is 0 Å². The molecule has 8 heteroatoms. The second-order valence-corrected chi connectivity index (χ2v) is 7.36. The summed E-state index contributed by atoms with van der Waals surface area (Å²) in [5.74, 6) is -3.60. The maximum Gasteiger partial charge on any atom is 0.314 e. The Morgan fingerprint density at radius 1 is 0.667 bits per heavy atom. The molecule has 6 aliphatic rings. The van der Waals surface area contributed by atoms with E-state index in [0.717, 1.165) is 0 Å². The molecule has 0 bridgehead atoms. The highest BCUT2D eigenvalue weighted by atomic mass is 16.5. The van der Waals surface area contributed by atoms with Crippen molar-refractivity contribution in [3.8, 4) is 0 Å². The molecule has 0 aliphatic heterocycles. The predicted molar refractivity (Wildman–Crippen MR) is 71.8 cm³/mol. The lowest BCUT2D eigenvalue weighted by atomic mass is 8.84. The van der Waals surface area contributed by atoms with Crippen LogP contribution in [0.1, 0.15) is 0 Å². The molecule has 0 aromatic rings. The van der Waals surface area contributed by atoms with Crippen molar-refractivity contribution in [1.29, 1.82) is 0 Å². The molecule has 6 fully saturated rings. The van der Waals surface area contributed by atoms with Gasteiger partial charge in [0.1, 0.15) is 5.41 Å². The maximum absolute atomic E-state index is 12.6. The van der Waals surface area contributed by atoms with E-state index < -0.39 is 51.5 Å². The van der Waals surface area contributed by atoms with Crippen LogP contribution in [-0.2, 0) is 38.1 Å². The number of hydrogen-bond donors (Lipinski definition) is 0. The summed E-state index contributed by atoms with van der Waals surface area (Å²) in [6.07, 6.45) is 0. The Balaban J connectivity index is 1.71. The first-order valence-electron chi connectivity index (χ1n) is 7.74. The van der Waals surface area contributed by atoms with E-state index in [9.17, 15) is 19.2 Å². The molecule has 4 unspecified atom stereocenters. The Bertz CT molecular complexity index is 730. The third-order valence-corrected chi connectivity index (χ3v) is 8.01. The maximum atomic E-state index is 12.6. The van der Waals surface area contributed by atoms with E-state index >= 15 is 0 Å². The highest BCUT2D eigenvalue weighted by Gasteiger charge is 3.27. The van der Waals surface area contributed by atoms with Gasteiger partial charge < -0.3 is 18.9 Å². The third-order valence-electron chi connectivity index (χ3n) is 8.01. The van der Waals surface area contributed by atoms with Crippen LogP contribution in [0.25, 0.3) is 0 Å². The standard InChI is InChI=1S/C16H16O8/c1-21-9(17)13-6-5-7(13)15(11(19)23-3)8(13)14(6,10(18)22-2)16(5,15)12(20)24-4/h5-8H,1-4H3. The van der Waals surface area contributed by atoms with Crippen molar-refractivity contribution in [2.75, 3.05) is 28.4 Å². The van der Waals surface area contributed by atoms with Crippen LogP contribution < -0.4 is 0 Å². The third kappa shape index (κ3) is 0.657. The molecule has 24 heavy (non-hydrogen) atoms. The fraction of sp³-hybridized carbons (Fsp3) is 0.750. The van der Waals surface area contributed by atoms with Crippen LogP contribution in [-0.4, -0.2) is 52.3 Å². The van der Waals surface area contributed by atoms with Crippen molar-refractivity contribution in [3.05, 3.63) is 0 Å². The summed E-state index contributed by atoms with van der Waals surface area (Å²) in [5, 5.41) is 0. The molecular formula is C16H16O8. The van der Waals surface area contributed by atoms with Crippen LogP contribution in [0.4, 0.5) is 0 Å². The second-order valence-electron chi connectivity index (χ2n) is 7.36. The fourth-order valence-corrected chi connectivity index (χ4v) is 8.22. The molecule has 0 amide bonds. The fourth-order valence-electron chi connectivity index (χ4n) is 8.22. The first-order chi connectivity index (χ1) is 11.4. The molecule has 8 nitrogen and oxygen atoms in total. The average molecular weight is 336 g/mol. The summed E-state index contributed by atoms with van der Waals surface area (Å²) >= 11 is 0. The quantitative estimate of drug-likeness (QED) is 0.483. The zero-order chi connectivity index (χ0) is 17.4. The summed E-state index contributed by atoms with van der Waals surface area (Å²) in [4.78, 5) is 50.2. The Kier molecular flexibility index (Phi) is 1.97. The SMILES string of the molecule is COC(=O)C12C3C4C1C1(C(=O)OC)C2C3(C(=O)OC)C41C(=O)OC. The van der Waals surface area contributed by atoms with Gasteiger partial charge in [-0.1, -0.05) is 0 Å². The Morgan fingerprint density at radius 2 is 1.08 bits per heavy atom. The van der Waals surface area contributed by atoms with E-state index in [0.29, 0.717) is 0 Å². The molecule has 0 radical (unpaired) electrons. The van der Waals surface area contributed by atoms with Crippen LogP contribution in [0.3, 0.4) is 0 Å². The monoisotopic (exact) mass is 336 g/mol. The summed E-state index contributed by atoms with van der Waals surface area (Å²) < 4.78 is 19.8. The molecule has 0 aromatic heterocycles. The molecule has 0 saturated heterocycles. The Labute approximate surface area is 136 Å². The van der Waals surface area contributed by atoms with Crippen molar-refractivity contribution in [2.24, 2.45) is 45.3 Å². The van der Waals surface area contributed by atoms with Crippen molar-refractivity contribution >= 4 is 23.9 Å². The molecule has 0 heterocycles. The van der Waals surface area contributed by atoms with E-state index in [2.05, 4.69) is 0 Å². The van der Waals surface area contributed by atoms with Gasteiger partial charge in [0.25, 0.3) is 0 Å². The zero-order valence-electron chi connectivity index (χ0n) is 13.6. The minimum atomic E-state index is -1.25. The molecular weight excluding hydrogens is 320 g/mol. The van der Waals surface area contributed by atoms with Gasteiger partial charge in [0, 0.05) is 5.92 Å². The lowest BCUT2D eigenvalue weighted by Gasteiger charge is -3.13. The van der Waals surface area contributed by atoms with E-state index in [4.69, 9.17) is 18.9 Å². The highest BCUT2D eigenvalue weighted by Crippen LogP contribution is 3.19. The molecule has 6 aliphatic carbocycles. The van der Waals surface area contributed by atoms with Crippen molar-refractivity contribution < 1.29 is 38.1 Å². The van der Waals surface area contributed by atoms with Gasteiger partial charge in [-0.3, -0.25) is 19.2 Å². The number of hydrogen-bond acceptors (Lipinski definition) is 8. The number of methoxy groups -OCH3 is 4. The summed E-state index contributed by atoms with van der Waals surface area (Å²) in [6.45, 7) is 0. The number of carbonyl (C=O) groups excluding carboxylic acids is 4. The Morgan fingerprint density at radius 3 is 1.46 bits per heavy atom. The van der Waals surface area contributed by atoms with Gasteiger partial charge >= 0.3 is 23.9 Å². The molecule has 128 valence electrons. The predicted octanol–water partition coefficient (Wildman–Crippen LogP) is -0.843. The van der Waals surface area contributed by atoms with Crippen LogP contribution in [0.2, 0.25) is 0 Å². The number of ether oxygens (including phenoxy) is 4. The lowest BCUT2D eigenvalue weighted by Crippen LogP contribution is -3.22. The molecule has 0 spiro atoms. The largest absolute Gasteiger partial charge is 0.469 e. The van der Waals surface area contributed by atoms with Gasteiger partial charge in [0.15, 0.2) is 0 Å². The van der Waals surface area contributed by atoms with Gasteiger partial charge in [-0.2, -0.15) is 0 Å². The minimum absolute atomic E-state index is 0.229. The van der Waals surface area contributed by atoms with Gasteiger partial charge in [-0.15, -0.1) is 0 Å². The van der Waals surface area contributed by atoms with Gasteiger partial charge in [0.05, 0.1) is 44.7 Å². The van der Waals surface area contributed by atoms with Gasteiger partial charge in [-0.05, 0) is 17.8 Å². The summed E-state index contributed by atoms with van der Waals surface area (Å²) in [7, 11) is 5.00. The normalized spacial score (nSPS) is 55.2. The van der Waals surface area contributed by atoms with Crippen molar-refractivity contribution in [1.82, 2.24) is 0 Å². The number of esters is 4. The van der Waals surface area contributed by atoms with Crippen LogP contribution in [0.15, 0.2) is 0 Å². The highest BCUT2D eigenvalue weighted by molar-refractivity contribution is 6.15. The van der Waals surface area contributed by atoms with E-state index in [1.54, 1.807) is 0 Å². The van der Waals surface area contributed by atoms with Gasteiger partial charge in [0.2, 0.25) is 0 Å². The number of carbonyl (C=O) groups is 4. The second kappa shape index (κ2) is 3.32. The smallest absolute Gasteiger partial charge is 0.314 e. The summed E-state index contributed by atoms with van der Waals surface area (Å²) in [6, 6.07) is 0. The molecule has 0 N–H and O–H groups in total. The van der Waals surface area contributed by atoms with E-state index in [1.807, 2.05) is 0 Å². The summed E-state index contributed by atoms with van der Waals surface area (Å²) in [5.41, 5.74) is -4.41.